The van der Waals surface area contributed by atoms with Crippen molar-refractivity contribution in [1.29, 1.82) is 0 Å². The van der Waals surface area contributed by atoms with Crippen molar-refractivity contribution in [3.8, 4) is 0 Å². The average Bonchev–Trinajstić information content (AvgIpc) is 2.46. The molecule has 0 aliphatic heterocycles. The molecule has 0 unspecified atom stereocenters. The molecule has 0 radical (unpaired) electrons. The number of methoxy groups -OCH3 is 1. The maximum absolute atomic E-state index is 11.4. The lowest BCUT2D eigenvalue weighted by Crippen LogP contribution is -2.18. The van der Waals surface area contributed by atoms with Crippen LogP contribution in [0.1, 0.15) is 12.8 Å². The molecule has 0 aromatic carbocycles. The van der Waals surface area contributed by atoms with Gasteiger partial charge < -0.3 is 9.64 Å². The molecule has 1 aliphatic carbocycles. The Kier molecular flexibility index (Phi) is 3.28. The fourth-order valence-electron chi connectivity index (χ4n) is 1.60. The van der Waals surface area contributed by atoms with Crippen LogP contribution in [0.25, 0.3) is 0 Å². The highest BCUT2D eigenvalue weighted by Crippen LogP contribution is 2.29. The van der Waals surface area contributed by atoms with Gasteiger partial charge in [0.25, 0.3) is 0 Å². The fourth-order valence-corrected chi connectivity index (χ4v) is 1.60. The van der Waals surface area contributed by atoms with Gasteiger partial charge in [0.05, 0.1) is 13.0 Å². The Morgan fingerprint density at radius 1 is 1.57 bits per heavy atom. The van der Waals surface area contributed by atoms with E-state index in [9.17, 15) is 9.59 Å². The minimum atomic E-state index is -0.366. The standard InChI is InChI=1S/C10H15NO3/c1-11(2)6-8-7(10(13)14-3)4-5-9(8)12/h6-7H,4-5H2,1-3H3/b8-6-/t7-/m0/s1. The normalized spacial score (nSPS) is 24.1. The minimum absolute atomic E-state index is 0.0501. The molecule has 0 saturated heterocycles. The van der Waals surface area contributed by atoms with E-state index in [0.29, 0.717) is 18.4 Å². The predicted molar refractivity (Wildman–Crippen MR) is 51.5 cm³/mol. The van der Waals surface area contributed by atoms with Crippen molar-refractivity contribution >= 4 is 11.8 Å². The Bertz CT molecular complexity index is 281. The zero-order valence-corrected chi connectivity index (χ0v) is 8.74. The Morgan fingerprint density at radius 3 is 2.71 bits per heavy atom. The highest BCUT2D eigenvalue weighted by atomic mass is 16.5. The zero-order chi connectivity index (χ0) is 10.7. The van der Waals surface area contributed by atoms with Crippen LogP contribution in [0.4, 0.5) is 0 Å². The number of Topliss-reactive ketones (excluding diaryl/α,β-unsaturated/α-hetero) is 1. The maximum atomic E-state index is 11.4. The third-order valence-electron chi connectivity index (χ3n) is 2.24. The van der Waals surface area contributed by atoms with Gasteiger partial charge in [0.1, 0.15) is 0 Å². The molecular weight excluding hydrogens is 182 g/mol. The van der Waals surface area contributed by atoms with Crippen LogP contribution in [0, 0.1) is 5.92 Å². The number of esters is 1. The number of carbonyl (C=O) groups is 2. The molecule has 0 bridgehead atoms. The second-order valence-electron chi connectivity index (χ2n) is 3.59. The summed E-state index contributed by atoms with van der Waals surface area (Å²) in [5.41, 5.74) is 0.571. The Labute approximate surface area is 83.5 Å². The first-order chi connectivity index (χ1) is 6.56. The number of ketones is 1. The summed E-state index contributed by atoms with van der Waals surface area (Å²) in [5, 5.41) is 0. The van der Waals surface area contributed by atoms with Gasteiger partial charge >= 0.3 is 5.97 Å². The summed E-state index contributed by atoms with van der Waals surface area (Å²) < 4.78 is 4.64. The summed E-state index contributed by atoms with van der Waals surface area (Å²) in [4.78, 5) is 24.5. The summed E-state index contributed by atoms with van der Waals surface area (Å²) in [6.45, 7) is 0. The van der Waals surface area contributed by atoms with Crippen molar-refractivity contribution in [2.45, 2.75) is 12.8 Å². The van der Waals surface area contributed by atoms with Crippen LogP contribution < -0.4 is 0 Å². The largest absolute Gasteiger partial charge is 0.469 e. The minimum Gasteiger partial charge on any atom is -0.469 e. The van der Waals surface area contributed by atoms with E-state index in [4.69, 9.17) is 0 Å². The van der Waals surface area contributed by atoms with Crippen molar-refractivity contribution in [1.82, 2.24) is 4.90 Å². The molecule has 78 valence electrons. The van der Waals surface area contributed by atoms with Crippen molar-refractivity contribution < 1.29 is 14.3 Å². The van der Waals surface area contributed by atoms with Crippen molar-refractivity contribution in [3.63, 3.8) is 0 Å². The first-order valence-corrected chi connectivity index (χ1v) is 4.55. The van der Waals surface area contributed by atoms with E-state index < -0.39 is 0 Å². The highest BCUT2D eigenvalue weighted by Gasteiger charge is 2.34. The van der Waals surface area contributed by atoms with Crippen molar-refractivity contribution in [2.75, 3.05) is 21.2 Å². The van der Waals surface area contributed by atoms with Gasteiger partial charge in [-0.2, -0.15) is 0 Å². The Balaban J connectivity index is 2.87. The van der Waals surface area contributed by atoms with Crippen LogP contribution in [-0.2, 0) is 14.3 Å². The van der Waals surface area contributed by atoms with Gasteiger partial charge in [0, 0.05) is 32.3 Å². The lowest BCUT2D eigenvalue weighted by molar-refractivity contribution is -0.144. The van der Waals surface area contributed by atoms with Crippen LogP contribution >= 0.6 is 0 Å². The third-order valence-corrected chi connectivity index (χ3v) is 2.24. The lowest BCUT2D eigenvalue weighted by atomic mass is 10.0. The molecule has 1 fully saturated rings. The molecule has 14 heavy (non-hydrogen) atoms. The van der Waals surface area contributed by atoms with E-state index in [1.54, 1.807) is 11.1 Å². The molecule has 1 saturated carbocycles. The number of hydrogen-bond acceptors (Lipinski definition) is 4. The molecule has 4 nitrogen and oxygen atoms in total. The van der Waals surface area contributed by atoms with E-state index in [0.717, 1.165) is 0 Å². The molecule has 1 aliphatic rings. The SMILES string of the molecule is COC(=O)[C@H]1CCC(=O)/C1=C\N(C)C. The molecule has 0 N–H and O–H groups in total. The van der Waals surface area contributed by atoms with Gasteiger partial charge in [-0.15, -0.1) is 0 Å². The summed E-state index contributed by atoms with van der Waals surface area (Å²) in [6.07, 6.45) is 2.72. The maximum Gasteiger partial charge on any atom is 0.313 e. The molecular formula is C10H15NO3. The molecule has 0 amide bonds. The van der Waals surface area contributed by atoms with E-state index in [-0.39, 0.29) is 17.7 Å². The Morgan fingerprint density at radius 2 is 2.21 bits per heavy atom. The molecule has 4 heteroatoms. The molecule has 1 atom stereocenters. The molecule has 0 aromatic rings. The van der Waals surface area contributed by atoms with Crippen LogP contribution in [-0.4, -0.2) is 37.9 Å². The molecule has 1 rings (SSSR count). The van der Waals surface area contributed by atoms with Gasteiger partial charge in [-0.05, 0) is 6.42 Å². The third kappa shape index (κ3) is 2.13. The van der Waals surface area contributed by atoms with E-state index >= 15 is 0 Å². The average molecular weight is 197 g/mol. The van der Waals surface area contributed by atoms with Gasteiger partial charge in [0.15, 0.2) is 5.78 Å². The van der Waals surface area contributed by atoms with Gasteiger partial charge in [-0.1, -0.05) is 0 Å². The highest BCUT2D eigenvalue weighted by molar-refractivity contribution is 6.03. The quantitative estimate of drug-likeness (QED) is 0.480. The van der Waals surface area contributed by atoms with Gasteiger partial charge in [-0.3, -0.25) is 9.59 Å². The number of nitrogens with zero attached hydrogens (tertiary/aromatic N) is 1. The first kappa shape index (κ1) is 10.8. The Hall–Kier alpha value is -1.32. The van der Waals surface area contributed by atoms with E-state index in [1.165, 1.54) is 7.11 Å². The summed E-state index contributed by atoms with van der Waals surface area (Å²) >= 11 is 0. The van der Waals surface area contributed by atoms with Crippen LogP contribution in [0.15, 0.2) is 11.8 Å². The zero-order valence-electron chi connectivity index (χ0n) is 8.74. The van der Waals surface area contributed by atoms with Crippen LogP contribution in [0.2, 0.25) is 0 Å². The van der Waals surface area contributed by atoms with Crippen molar-refractivity contribution in [3.05, 3.63) is 11.8 Å². The summed E-state index contributed by atoms with van der Waals surface area (Å²) in [7, 11) is 5.00. The second kappa shape index (κ2) is 4.26. The summed E-state index contributed by atoms with van der Waals surface area (Å²) in [5.74, 6) is -0.632. The smallest absolute Gasteiger partial charge is 0.313 e. The number of carbonyl (C=O) groups excluding carboxylic acids is 2. The number of rotatable bonds is 2. The van der Waals surface area contributed by atoms with Crippen LogP contribution in [0.3, 0.4) is 0 Å². The fraction of sp³-hybridized carbons (Fsp3) is 0.600. The van der Waals surface area contributed by atoms with E-state index in [2.05, 4.69) is 4.74 Å². The first-order valence-electron chi connectivity index (χ1n) is 4.55. The van der Waals surface area contributed by atoms with Crippen LogP contribution in [0.5, 0.6) is 0 Å². The topological polar surface area (TPSA) is 46.6 Å². The molecule has 0 spiro atoms. The molecule has 0 aromatic heterocycles. The van der Waals surface area contributed by atoms with Gasteiger partial charge in [-0.25, -0.2) is 0 Å². The van der Waals surface area contributed by atoms with E-state index in [1.807, 2.05) is 14.1 Å². The monoisotopic (exact) mass is 197 g/mol. The van der Waals surface area contributed by atoms with Crippen molar-refractivity contribution in [2.24, 2.45) is 5.92 Å². The summed E-state index contributed by atoms with van der Waals surface area (Å²) in [6, 6.07) is 0. The predicted octanol–water partition coefficient (Wildman–Crippen LogP) is 0.584. The number of hydrogen-bond donors (Lipinski definition) is 0. The van der Waals surface area contributed by atoms with Gasteiger partial charge in [0.2, 0.25) is 0 Å². The lowest BCUT2D eigenvalue weighted by Gasteiger charge is -2.11. The molecule has 0 heterocycles. The second-order valence-corrected chi connectivity index (χ2v) is 3.59. The number of ether oxygens (including phenoxy) is 1.